The molecule has 2 amide bonds. The molecule has 2 rings (SSSR count). The van der Waals surface area contributed by atoms with Crippen LogP contribution in [0.5, 0.6) is 0 Å². The summed E-state index contributed by atoms with van der Waals surface area (Å²) in [6.07, 6.45) is 15.8. The third kappa shape index (κ3) is 18.8. The van der Waals surface area contributed by atoms with Crippen LogP contribution in [0.2, 0.25) is 0 Å². The lowest BCUT2D eigenvalue weighted by Crippen LogP contribution is -2.86. The van der Waals surface area contributed by atoms with Crippen LogP contribution in [-0.2, 0) is 19.1 Å². The number of H-pyrrole nitrogens is 1. The van der Waals surface area contributed by atoms with Crippen molar-refractivity contribution in [1.82, 2.24) is 25.5 Å². The monoisotopic (exact) mass is 780 g/mol. The van der Waals surface area contributed by atoms with E-state index in [0.29, 0.717) is 38.2 Å². The number of aliphatic hydroxyl groups is 2. The number of aliphatic carboxylic acids is 1. The van der Waals surface area contributed by atoms with Crippen molar-refractivity contribution in [1.29, 1.82) is 0 Å². The minimum Gasteiger partial charge on any atom is -0.506 e. The normalized spacial score (nSPS) is 16.8. The molecule has 0 aliphatic carbocycles. The highest BCUT2D eigenvalue weighted by Crippen LogP contribution is 2.32. The van der Waals surface area contributed by atoms with Crippen LogP contribution in [0.25, 0.3) is 0 Å². The highest BCUT2D eigenvalue weighted by molar-refractivity contribution is 5.87. The van der Waals surface area contributed by atoms with Gasteiger partial charge in [0, 0.05) is 38.2 Å². The van der Waals surface area contributed by atoms with Gasteiger partial charge in [0.15, 0.2) is 11.9 Å². The van der Waals surface area contributed by atoms with E-state index in [2.05, 4.69) is 27.9 Å². The summed E-state index contributed by atoms with van der Waals surface area (Å²) in [7, 11) is 1.81. The largest absolute Gasteiger partial charge is 0.506 e. The third-order valence-corrected chi connectivity index (χ3v) is 9.61. The predicted molar refractivity (Wildman–Crippen MR) is 209 cm³/mol. The number of carboxylic acid groups (broad SMARTS) is 1. The molecule has 1 aromatic rings. The number of nitrogens with two attached hydrogens (primary N) is 2. The summed E-state index contributed by atoms with van der Waals surface area (Å²) < 4.78 is 6.43. The van der Waals surface area contributed by atoms with Gasteiger partial charge in [0.2, 0.25) is 18.0 Å². The summed E-state index contributed by atoms with van der Waals surface area (Å²) in [5.74, 6) is -2.12. The molecule has 0 saturated heterocycles. The minimum absolute atomic E-state index is 0.176. The molecule has 11 N–H and O–H groups in total. The number of unbranched alkanes of at least 4 members (excludes halogenated alkanes) is 13. The minimum atomic E-state index is -1.66. The first kappa shape index (κ1) is 46.9. The molecule has 17 nitrogen and oxygen atoms in total. The van der Waals surface area contributed by atoms with Crippen LogP contribution in [0.4, 0.5) is 0 Å². The van der Waals surface area contributed by atoms with E-state index in [1.807, 2.05) is 12.0 Å². The van der Waals surface area contributed by atoms with Crippen LogP contribution in [0.3, 0.4) is 0 Å². The molecule has 55 heavy (non-hydrogen) atoms. The van der Waals surface area contributed by atoms with Crippen molar-refractivity contribution < 1.29 is 39.8 Å². The standard InChI is InChI=1S/C38H66N8O9/c1-3-4-5-6-7-8-9-10-11-12-13-14-15-19-27(44-30(47)20-16-17-22-43-37(39)40-2)34(51)42-24-18-23-41-28(36(52)53)26-29-32(49)33(50)35(55-29)46-25-21-31(48)45-38(46)54/h21,25,27-28,33,35,41,49-50H,3-20,22-24,26H2,1-2H3,(H,42,51)(H,44,47)(H,52,53)(H3,39,40,43)(H,45,48,54)/p+1/t27-,28+,33?,35-/m1/s1. The van der Waals surface area contributed by atoms with Crippen LogP contribution in [0.15, 0.2) is 38.4 Å². The highest BCUT2D eigenvalue weighted by Gasteiger charge is 2.39. The summed E-state index contributed by atoms with van der Waals surface area (Å²) in [5.41, 5.74) is 4.17. The number of carbonyl (C=O) groups excluding carboxylic acids is 2. The van der Waals surface area contributed by atoms with Gasteiger partial charge in [-0.3, -0.25) is 34.0 Å². The lowest BCUT2D eigenvalue weighted by Gasteiger charge is -2.20. The van der Waals surface area contributed by atoms with E-state index in [-0.39, 0.29) is 43.5 Å². The van der Waals surface area contributed by atoms with Crippen molar-refractivity contribution in [3.63, 3.8) is 0 Å². The molecule has 2 heterocycles. The Balaban J connectivity index is 1.80. The van der Waals surface area contributed by atoms with E-state index < -0.39 is 47.4 Å². The maximum absolute atomic E-state index is 13.2. The number of hydrogen-bond acceptors (Lipinski definition) is 10. The second-order valence-corrected chi connectivity index (χ2v) is 14.2. The van der Waals surface area contributed by atoms with Gasteiger partial charge in [-0.2, -0.15) is 0 Å². The van der Waals surface area contributed by atoms with Crippen LogP contribution in [0, 0.1) is 0 Å². The molecule has 312 valence electrons. The molecule has 17 heteroatoms. The average Bonchev–Trinajstić information content (AvgIpc) is 3.43. The number of aromatic amines is 1. The van der Waals surface area contributed by atoms with Crippen molar-refractivity contribution in [2.75, 3.05) is 26.7 Å². The molecule has 1 aliphatic rings. The van der Waals surface area contributed by atoms with Crippen molar-refractivity contribution in [2.24, 2.45) is 10.7 Å². The number of quaternary nitrogens is 1. The van der Waals surface area contributed by atoms with Gasteiger partial charge in [0.25, 0.3) is 11.5 Å². The van der Waals surface area contributed by atoms with Crippen molar-refractivity contribution in [2.45, 2.75) is 153 Å². The van der Waals surface area contributed by atoms with E-state index >= 15 is 0 Å². The average molecular weight is 780 g/mol. The third-order valence-electron chi connectivity index (χ3n) is 9.61. The number of guanidine groups is 1. The van der Waals surface area contributed by atoms with E-state index in [0.717, 1.165) is 42.5 Å². The lowest BCUT2D eigenvalue weighted by molar-refractivity contribution is -0.508. The lowest BCUT2D eigenvalue weighted by atomic mass is 10.0. The van der Waals surface area contributed by atoms with Gasteiger partial charge in [-0.1, -0.05) is 90.4 Å². The molecule has 0 bridgehead atoms. The number of aliphatic imine (C=N–C) groups is 1. The fourth-order valence-electron chi connectivity index (χ4n) is 6.29. The molecule has 0 fully saturated rings. The molecular weight excluding hydrogens is 712 g/mol. The number of aliphatic hydroxyl groups excluding tert-OH is 2. The first-order valence-corrected chi connectivity index (χ1v) is 20.2. The molecule has 0 aromatic carbocycles. The van der Waals surface area contributed by atoms with Gasteiger partial charge in [-0.15, -0.1) is 0 Å². The molecule has 4 atom stereocenters. The Morgan fingerprint density at radius 2 is 1.58 bits per heavy atom. The Labute approximate surface area is 324 Å². The maximum Gasteiger partial charge on any atom is 0.331 e. The number of amides is 2. The Morgan fingerprint density at radius 3 is 2.18 bits per heavy atom. The van der Waals surface area contributed by atoms with Crippen LogP contribution < -0.4 is 38.2 Å². The van der Waals surface area contributed by atoms with E-state index in [1.54, 1.807) is 5.32 Å². The first-order valence-electron chi connectivity index (χ1n) is 20.2. The van der Waals surface area contributed by atoms with Gasteiger partial charge in [-0.05, 0) is 32.2 Å². The number of carboxylic acids is 1. The van der Waals surface area contributed by atoms with Gasteiger partial charge in [-0.25, -0.2) is 9.79 Å². The molecule has 1 aromatic heterocycles. The SMILES string of the molecule is CCCCCCCCCCCCCCC[C@@H](NC(=O)CCCCN=C(N)[NH2+]C)C(=O)NCCCN[C@@H](CC1=C(O)C(O)[C@H](n2ccc(=O)[nH]c2=O)O1)C(=O)O. The number of ether oxygens (including phenoxy) is 1. The predicted octanol–water partition coefficient (Wildman–Crippen LogP) is 1.78. The summed E-state index contributed by atoms with van der Waals surface area (Å²) in [5, 5.41) is 41.0. The topological polar surface area (TPSA) is 267 Å². The zero-order valence-electron chi connectivity index (χ0n) is 32.9. The summed E-state index contributed by atoms with van der Waals surface area (Å²) >= 11 is 0. The van der Waals surface area contributed by atoms with Gasteiger partial charge in [0.1, 0.15) is 17.8 Å². The molecule has 0 spiro atoms. The Morgan fingerprint density at radius 1 is 0.945 bits per heavy atom. The molecule has 1 unspecified atom stereocenters. The second-order valence-electron chi connectivity index (χ2n) is 14.2. The summed E-state index contributed by atoms with van der Waals surface area (Å²) in [6, 6.07) is -0.867. The Hall–Kier alpha value is -4.22. The zero-order chi connectivity index (χ0) is 40.4. The number of hydrogen-bond donors (Lipinski definition) is 9. The van der Waals surface area contributed by atoms with Crippen LogP contribution in [0.1, 0.15) is 135 Å². The van der Waals surface area contributed by atoms with E-state index in [4.69, 9.17) is 10.5 Å². The van der Waals surface area contributed by atoms with Crippen LogP contribution in [-0.4, -0.2) is 93.5 Å². The fourth-order valence-corrected chi connectivity index (χ4v) is 6.29. The smallest absolute Gasteiger partial charge is 0.331 e. The maximum atomic E-state index is 13.2. The van der Waals surface area contributed by atoms with Crippen molar-refractivity contribution in [3.05, 3.63) is 44.6 Å². The number of carbonyl (C=O) groups is 3. The number of aromatic nitrogens is 2. The number of nitrogens with one attached hydrogen (secondary N) is 4. The van der Waals surface area contributed by atoms with Crippen molar-refractivity contribution >= 4 is 23.7 Å². The van der Waals surface area contributed by atoms with Gasteiger partial charge in [0.05, 0.1) is 7.05 Å². The quantitative estimate of drug-likeness (QED) is 0.0309. The fraction of sp³-hybridized carbons (Fsp3) is 0.737. The van der Waals surface area contributed by atoms with E-state index in [9.17, 15) is 39.3 Å². The first-order chi connectivity index (χ1) is 26.5. The second kappa shape index (κ2) is 27.4. The van der Waals surface area contributed by atoms with E-state index in [1.165, 1.54) is 57.8 Å². The highest BCUT2D eigenvalue weighted by atomic mass is 16.5. The molecular formula is C38H67N8O9+. The van der Waals surface area contributed by atoms with Crippen molar-refractivity contribution in [3.8, 4) is 0 Å². The number of rotatable bonds is 30. The zero-order valence-corrected chi connectivity index (χ0v) is 32.9. The molecule has 0 radical (unpaired) electrons. The molecule has 1 aliphatic heterocycles. The Bertz CT molecular complexity index is 1480. The van der Waals surface area contributed by atoms with Gasteiger partial charge < -0.3 is 41.7 Å². The van der Waals surface area contributed by atoms with Crippen LogP contribution >= 0.6 is 0 Å². The van der Waals surface area contributed by atoms with Gasteiger partial charge >= 0.3 is 11.7 Å². The summed E-state index contributed by atoms with van der Waals surface area (Å²) in [4.78, 5) is 67.8. The number of nitrogens with zero attached hydrogens (tertiary/aromatic N) is 2. The molecule has 0 saturated carbocycles. The Kier molecular flexibility index (Phi) is 23.4. The summed E-state index contributed by atoms with van der Waals surface area (Å²) in [6.45, 7) is 3.15.